The van der Waals surface area contributed by atoms with Gasteiger partial charge in [-0.15, -0.1) is 0 Å². The molecule has 0 saturated carbocycles. The van der Waals surface area contributed by atoms with Crippen LogP contribution in [-0.4, -0.2) is 14.7 Å². The monoisotopic (exact) mass is 366 g/mol. The molecule has 0 unspecified atom stereocenters. The molecule has 25 heavy (non-hydrogen) atoms. The van der Waals surface area contributed by atoms with E-state index in [0.717, 1.165) is 48.3 Å². The van der Waals surface area contributed by atoms with Crippen LogP contribution in [-0.2, 0) is 9.84 Å². The molecule has 0 aromatic heterocycles. The smallest absolute Gasteiger partial charge is 0.224 e. The lowest BCUT2D eigenvalue weighted by Gasteiger charge is -2.11. The average Bonchev–Trinajstić information content (AvgIpc) is 3.04. The van der Waals surface area contributed by atoms with Gasteiger partial charge in [-0.3, -0.25) is 0 Å². The summed E-state index contributed by atoms with van der Waals surface area (Å²) >= 11 is 0. The van der Waals surface area contributed by atoms with E-state index in [-0.39, 0.29) is 4.90 Å². The van der Waals surface area contributed by atoms with Gasteiger partial charge in [0.25, 0.3) is 6.43 Å². The topological polar surface area (TPSA) is 34.1 Å². The predicted octanol–water partition coefficient (Wildman–Crippen LogP) is 5.26. The van der Waals surface area contributed by atoms with E-state index >= 15 is 0 Å². The van der Waals surface area contributed by atoms with E-state index in [0.29, 0.717) is 5.56 Å². The summed E-state index contributed by atoms with van der Waals surface area (Å²) in [6.07, 6.45) is 0.651. The van der Waals surface area contributed by atoms with E-state index in [4.69, 9.17) is 0 Å². The second-order valence-electron chi connectivity index (χ2n) is 6.14. The van der Waals surface area contributed by atoms with Crippen molar-refractivity contribution in [1.82, 2.24) is 0 Å². The summed E-state index contributed by atoms with van der Waals surface area (Å²) in [7, 11) is -3.27. The van der Waals surface area contributed by atoms with Crippen LogP contribution < -0.4 is 0 Å². The zero-order valence-corrected chi connectivity index (χ0v) is 14.4. The highest BCUT2D eigenvalue weighted by Gasteiger charge is 2.21. The number of benzene rings is 2. The molecule has 0 saturated heterocycles. The molecule has 2 aromatic rings. The third kappa shape index (κ3) is 3.63. The first kappa shape index (κ1) is 17.7. The highest BCUT2D eigenvalue weighted by atomic mass is 32.2. The minimum absolute atomic E-state index is 0.234. The second-order valence-corrected chi connectivity index (χ2v) is 8.16. The van der Waals surface area contributed by atoms with Crippen LogP contribution in [0.2, 0.25) is 0 Å². The van der Waals surface area contributed by atoms with E-state index in [9.17, 15) is 21.6 Å². The van der Waals surface area contributed by atoms with Crippen LogP contribution in [0.1, 0.15) is 42.4 Å². The first-order valence-corrected chi connectivity index (χ1v) is 9.77. The van der Waals surface area contributed by atoms with Crippen molar-refractivity contribution in [3.63, 3.8) is 0 Å². The van der Waals surface area contributed by atoms with Crippen molar-refractivity contribution in [2.75, 3.05) is 6.26 Å². The number of alkyl halides is 2. The lowest BCUT2D eigenvalue weighted by Crippen LogP contribution is -1.97. The van der Waals surface area contributed by atoms with Gasteiger partial charge < -0.3 is 0 Å². The van der Waals surface area contributed by atoms with Gasteiger partial charge in [0.2, 0.25) is 0 Å². The normalized spacial score (nSPS) is 15.2. The Balaban J connectivity index is 2.05. The van der Waals surface area contributed by atoms with Gasteiger partial charge in [0.1, 0.15) is 5.82 Å². The minimum Gasteiger partial charge on any atom is -0.224 e. The third-order valence-electron chi connectivity index (χ3n) is 4.43. The number of halogens is 3. The van der Waals surface area contributed by atoms with Crippen molar-refractivity contribution in [1.29, 1.82) is 0 Å². The Kier molecular flexibility index (Phi) is 4.73. The van der Waals surface area contributed by atoms with E-state index < -0.39 is 27.6 Å². The molecule has 1 aliphatic carbocycles. The fraction of sp³-hybridized carbons (Fsp3) is 0.263. The Morgan fingerprint density at radius 2 is 1.48 bits per heavy atom. The molecule has 0 aliphatic heterocycles. The number of hydrogen-bond donors (Lipinski definition) is 0. The number of sulfone groups is 1. The molecule has 2 aromatic carbocycles. The van der Waals surface area contributed by atoms with Crippen molar-refractivity contribution in [2.45, 2.75) is 30.6 Å². The zero-order valence-electron chi connectivity index (χ0n) is 13.6. The molecule has 2 nitrogen and oxygen atoms in total. The first-order chi connectivity index (χ1) is 11.8. The van der Waals surface area contributed by atoms with Crippen LogP contribution in [0.15, 0.2) is 47.4 Å². The van der Waals surface area contributed by atoms with Crippen molar-refractivity contribution in [2.24, 2.45) is 0 Å². The van der Waals surface area contributed by atoms with Crippen LogP contribution in [0, 0.1) is 5.82 Å². The number of hydrogen-bond acceptors (Lipinski definition) is 2. The minimum atomic E-state index is -3.27. The maximum Gasteiger partial charge on any atom is 0.266 e. The van der Waals surface area contributed by atoms with Gasteiger partial charge in [-0.2, -0.15) is 0 Å². The van der Waals surface area contributed by atoms with Crippen molar-refractivity contribution >= 4 is 21.0 Å². The SMILES string of the molecule is CS(=O)(=O)c1ccc(C2=C(c3ccc(F)c(C(F)F)c3)CCC2)cc1. The largest absolute Gasteiger partial charge is 0.266 e. The van der Waals surface area contributed by atoms with Gasteiger partial charge in [0.15, 0.2) is 9.84 Å². The summed E-state index contributed by atoms with van der Waals surface area (Å²) in [5.41, 5.74) is 2.77. The van der Waals surface area contributed by atoms with Crippen molar-refractivity contribution in [3.05, 3.63) is 65.0 Å². The Bertz CT molecular complexity index is 930. The average molecular weight is 366 g/mol. The molecule has 0 heterocycles. The maximum atomic E-state index is 13.5. The summed E-state index contributed by atoms with van der Waals surface area (Å²) in [4.78, 5) is 0.234. The fourth-order valence-corrected chi connectivity index (χ4v) is 3.81. The van der Waals surface area contributed by atoms with Gasteiger partial charge in [-0.25, -0.2) is 21.6 Å². The Morgan fingerprint density at radius 3 is 2.04 bits per heavy atom. The zero-order chi connectivity index (χ0) is 18.2. The highest BCUT2D eigenvalue weighted by molar-refractivity contribution is 7.90. The molecule has 0 fully saturated rings. The summed E-state index contributed by atoms with van der Waals surface area (Å²) in [5.74, 6) is -0.906. The summed E-state index contributed by atoms with van der Waals surface area (Å²) in [6.45, 7) is 0. The predicted molar refractivity (Wildman–Crippen MR) is 91.6 cm³/mol. The molecule has 0 N–H and O–H groups in total. The van der Waals surface area contributed by atoms with Gasteiger partial charge in [-0.05, 0) is 65.8 Å². The molecule has 132 valence electrons. The number of rotatable bonds is 4. The fourth-order valence-electron chi connectivity index (χ4n) is 3.18. The van der Waals surface area contributed by atoms with E-state index in [1.807, 2.05) is 0 Å². The highest BCUT2D eigenvalue weighted by Crippen LogP contribution is 2.40. The van der Waals surface area contributed by atoms with Gasteiger partial charge in [0.05, 0.1) is 10.5 Å². The van der Waals surface area contributed by atoms with Gasteiger partial charge in [0, 0.05) is 6.26 Å². The summed E-state index contributed by atoms with van der Waals surface area (Å²) < 4.78 is 62.6. The molecule has 0 atom stereocenters. The third-order valence-corrected chi connectivity index (χ3v) is 5.56. The van der Waals surface area contributed by atoms with E-state index in [1.165, 1.54) is 12.1 Å². The molecule has 0 bridgehead atoms. The van der Waals surface area contributed by atoms with Crippen molar-refractivity contribution in [3.8, 4) is 0 Å². The van der Waals surface area contributed by atoms with Crippen LogP contribution in [0.4, 0.5) is 13.2 Å². The van der Waals surface area contributed by atoms with Crippen molar-refractivity contribution < 1.29 is 21.6 Å². The van der Waals surface area contributed by atoms with Crippen LogP contribution in [0.25, 0.3) is 11.1 Å². The van der Waals surface area contributed by atoms with Gasteiger partial charge in [-0.1, -0.05) is 18.2 Å². The second kappa shape index (κ2) is 6.67. The lowest BCUT2D eigenvalue weighted by molar-refractivity contribution is 0.146. The molecule has 1 aliphatic rings. The van der Waals surface area contributed by atoms with E-state index in [1.54, 1.807) is 24.3 Å². The molecule has 6 heteroatoms. The Hall–Kier alpha value is -2.08. The van der Waals surface area contributed by atoms with Crippen LogP contribution in [0.3, 0.4) is 0 Å². The lowest BCUT2D eigenvalue weighted by atomic mass is 9.96. The molecule has 0 spiro atoms. The van der Waals surface area contributed by atoms with Crippen LogP contribution >= 0.6 is 0 Å². The number of allylic oxidation sites excluding steroid dienone is 2. The van der Waals surface area contributed by atoms with Crippen LogP contribution in [0.5, 0.6) is 0 Å². The standard InChI is InChI=1S/C19H17F3O2S/c1-25(23,24)14-8-5-12(6-9-14)15-3-2-4-16(15)13-7-10-18(20)17(11-13)19(21)22/h5-11,19H,2-4H2,1H3. The van der Waals surface area contributed by atoms with E-state index in [2.05, 4.69) is 0 Å². The quantitative estimate of drug-likeness (QED) is 0.739. The first-order valence-electron chi connectivity index (χ1n) is 7.88. The summed E-state index contributed by atoms with van der Waals surface area (Å²) in [6, 6.07) is 10.4. The summed E-state index contributed by atoms with van der Waals surface area (Å²) in [5, 5.41) is 0. The molecule has 0 amide bonds. The molecular formula is C19H17F3O2S. The molecule has 0 radical (unpaired) electrons. The molecule has 3 rings (SSSR count). The Morgan fingerprint density at radius 1 is 0.920 bits per heavy atom. The maximum absolute atomic E-state index is 13.5. The van der Waals surface area contributed by atoms with Gasteiger partial charge >= 0.3 is 0 Å². The Labute approximate surface area is 144 Å². The molecular weight excluding hydrogens is 349 g/mol.